The molecule has 0 aromatic heterocycles. The van der Waals surface area contributed by atoms with Crippen molar-refractivity contribution in [3.05, 3.63) is 0 Å². The highest BCUT2D eigenvalue weighted by molar-refractivity contribution is 5.82. The van der Waals surface area contributed by atoms with Crippen molar-refractivity contribution in [1.29, 1.82) is 0 Å². The van der Waals surface area contributed by atoms with Crippen LogP contribution in [0.15, 0.2) is 0 Å². The highest BCUT2D eigenvalue weighted by Crippen LogP contribution is 2.14. The van der Waals surface area contributed by atoms with Crippen LogP contribution in [0.25, 0.3) is 0 Å². The largest absolute Gasteiger partial charge is 0.342 e. The molecule has 0 spiro atoms. The third-order valence-corrected chi connectivity index (χ3v) is 1.82. The standard InChI is InChI=1S/C7H11NO2/c1-2-8-4-6(5-9)3-7(8)10/h5-6H,2-4H2,1H3/t6-/m1/s1. The number of nitrogens with zero attached hydrogens (tertiary/aromatic N) is 1. The molecule has 0 saturated carbocycles. The molecule has 1 amide bonds. The van der Waals surface area contributed by atoms with Crippen molar-refractivity contribution in [2.24, 2.45) is 5.92 Å². The van der Waals surface area contributed by atoms with E-state index in [9.17, 15) is 9.59 Å². The van der Waals surface area contributed by atoms with Crippen LogP contribution in [0.4, 0.5) is 0 Å². The van der Waals surface area contributed by atoms with Crippen LogP contribution >= 0.6 is 0 Å². The van der Waals surface area contributed by atoms with Crippen molar-refractivity contribution in [1.82, 2.24) is 4.90 Å². The summed E-state index contributed by atoms with van der Waals surface area (Å²) in [5.41, 5.74) is 0. The Morgan fingerprint density at radius 3 is 2.80 bits per heavy atom. The Balaban J connectivity index is 2.51. The summed E-state index contributed by atoms with van der Waals surface area (Å²) in [7, 11) is 0. The molecule has 1 aliphatic rings. The van der Waals surface area contributed by atoms with Crippen molar-refractivity contribution < 1.29 is 9.59 Å². The quantitative estimate of drug-likeness (QED) is 0.510. The fourth-order valence-electron chi connectivity index (χ4n) is 1.20. The van der Waals surface area contributed by atoms with Crippen molar-refractivity contribution >= 4 is 12.2 Å². The molecule has 1 aliphatic heterocycles. The Kier molecular flexibility index (Phi) is 2.04. The van der Waals surface area contributed by atoms with E-state index in [2.05, 4.69) is 0 Å². The molecule has 3 heteroatoms. The molecule has 1 fully saturated rings. The van der Waals surface area contributed by atoms with E-state index in [1.54, 1.807) is 4.90 Å². The molecule has 56 valence electrons. The molecular formula is C7H11NO2. The van der Waals surface area contributed by atoms with E-state index >= 15 is 0 Å². The molecule has 0 aromatic carbocycles. The second-order valence-corrected chi connectivity index (χ2v) is 2.53. The Labute approximate surface area is 60.0 Å². The van der Waals surface area contributed by atoms with Gasteiger partial charge in [-0.25, -0.2) is 0 Å². The van der Waals surface area contributed by atoms with Gasteiger partial charge in [0.05, 0.1) is 0 Å². The summed E-state index contributed by atoms with van der Waals surface area (Å²) in [6, 6.07) is 0. The van der Waals surface area contributed by atoms with Gasteiger partial charge in [0.2, 0.25) is 5.91 Å². The van der Waals surface area contributed by atoms with Crippen molar-refractivity contribution in [3.8, 4) is 0 Å². The molecule has 0 aromatic rings. The van der Waals surface area contributed by atoms with E-state index in [4.69, 9.17) is 0 Å². The number of carbonyl (C=O) groups excluding carboxylic acids is 2. The molecule has 0 aliphatic carbocycles. The number of hydrogen-bond donors (Lipinski definition) is 0. The van der Waals surface area contributed by atoms with Gasteiger partial charge in [-0.3, -0.25) is 4.79 Å². The number of hydrogen-bond acceptors (Lipinski definition) is 2. The van der Waals surface area contributed by atoms with Gasteiger partial charge < -0.3 is 9.69 Å². The molecule has 1 saturated heterocycles. The summed E-state index contributed by atoms with van der Waals surface area (Å²) < 4.78 is 0. The van der Waals surface area contributed by atoms with Crippen LogP contribution in [0.1, 0.15) is 13.3 Å². The first-order valence-corrected chi connectivity index (χ1v) is 3.51. The molecule has 1 rings (SSSR count). The summed E-state index contributed by atoms with van der Waals surface area (Å²) in [5.74, 6) is 0.0621. The fraction of sp³-hybridized carbons (Fsp3) is 0.714. The summed E-state index contributed by atoms with van der Waals surface area (Å²) >= 11 is 0. The van der Waals surface area contributed by atoms with E-state index in [0.29, 0.717) is 13.0 Å². The summed E-state index contributed by atoms with van der Waals surface area (Å²) in [5, 5.41) is 0. The lowest BCUT2D eigenvalue weighted by Crippen LogP contribution is -2.24. The van der Waals surface area contributed by atoms with Gasteiger partial charge in [0, 0.05) is 25.4 Å². The van der Waals surface area contributed by atoms with Crippen molar-refractivity contribution in [3.63, 3.8) is 0 Å². The van der Waals surface area contributed by atoms with Gasteiger partial charge >= 0.3 is 0 Å². The van der Waals surface area contributed by atoms with Crippen LogP contribution < -0.4 is 0 Å². The first kappa shape index (κ1) is 7.25. The monoisotopic (exact) mass is 141 g/mol. The van der Waals surface area contributed by atoms with Gasteiger partial charge in [-0.15, -0.1) is 0 Å². The predicted molar refractivity (Wildman–Crippen MR) is 36.4 cm³/mol. The van der Waals surface area contributed by atoms with E-state index in [1.807, 2.05) is 6.92 Å². The van der Waals surface area contributed by atoms with Crippen LogP contribution in [0.5, 0.6) is 0 Å². The number of likely N-dealkylation sites (tertiary alicyclic amines) is 1. The molecule has 1 atom stereocenters. The minimum Gasteiger partial charge on any atom is -0.342 e. The van der Waals surface area contributed by atoms with E-state index < -0.39 is 0 Å². The van der Waals surface area contributed by atoms with Gasteiger partial charge in [0.25, 0.3) is 0 Å². The lowest BCUT2D eigenvalue weighted by molar-refractivity contribution is -0.127. The lowest BCUT2D eigenvalue weighted by Gasteiger charge is -2.10. The zero-order valence-electron chi connectivity index (χ0n) is 6.04. The van der Waals surface area contributed by atoms with E-state index in [0.717, 1.165) is 12.8 Å². The smallest absolute Gasteiger partial charge is 0.223 e. The maximum absolute atomic E-state index is 10.9. The van der Waals surface area contributed by atoms with Crippen LogP contribution in [-0.4, -0.2) is 30.2 Å². The normalized spacial score (nSPS) is 25.5. The topological polar surface area (TPSA) is 37.4 Å². The number of rotatable bonds is 2. The van der Waals surface area contributed by atoms with Crippen LogP contribution in [0, 0.1) is 5.92 Å². The van der Waals surface area contributed by atoms with E-state index in [1.165, 1.54) is 0 Å². The minimum absolute atomic E-state index is 0.0487. The van der Waals surface area contributed by atoms with Gasteiger partial charge in [0.1, 0.15) is 6.29 Å². The first-order chi connectivity index (χ1) is 4.77. The van der Waals surface area contributed by atoms with Gasteiger partial charge in [0.15, 0.2) is 0 Å². The molecule has 0 bridgehead atoms. The molecule has 3 nitrogen and oxygen atoms in total. The Morgan fingerprint density at radius 2 is 2.50 bits per heavy atom. The highest BCUT2D eigenvalue weighted by atomic mass is 16.2. The van der Waals surface area contributed by atoms with Crippen LogP contribution in [-0.2, 0) is 9.59 Å². The molecule has 1 heterocycles. The predicted octanol–water partition coefficient (Wildman–Crippen LogP) is 0.0537. The summed E-state index contributed by atoms with van der Waals surface area (Å²) in [6.07, 6.45) is 1.28. The molecule has 0 radical (unpaired) electrons. The lowest BCUT2D eigenvalue weighted by atomic mass is 10.1. The van der Waals surface area contributed by atoms with Crippen LogP contribution in [0.2, 0.25) is 0 Å². The second kappa shape index (κ2) is 2.82. The maximum atomic E-state index is 10.9. The number of aldehydes is 1. The van der Waals surface area contributed by atoms with Gasteiger partial charge in [-0.1, -0.05) is 0 Å². The SMILES string of the molecule is CCN1C[C@H](C=O)CC1=O. The Morgan fingerprint density at radius 1 is 1.80 bits per heavy atom. The highest BCUT2D eigenvalue weighted by Gasteiger charge is 2.27. The molecule has 0 N–H and O–H groups in total. The maximum Gasteiger partial charge on any atom is 0.223 e. The summed E-state index contributed by atoms with van der Waals surface area (Å²) in [4.78, 5) is 22.9. The Hall–Kier alpha value is -0.860. The van der Waals surface area contributed by atoms with Gasteiger partial charge in [-0.05, 0) is 6.92 Å². The van der Waals surface area contributed by atoms with Crippen molar-refractivity contribution in [2.45, 2.75) is 13.3 Å². The van der Waals surface area contributed by atoms with E-state index in [-0.39, 0.29) is 11.8 Å². The zero-order valence-corrected chi connectivity index (χ0v) is 6.04. The third kappa shape index (κ3) is 1.17. The van der Waals surface area contributed by atoms with Gasteiger partial charge in [-0.2, -0.15) is 0 Å². The number of amides is 1. The zero-order chi connectivity index (χ0) is 7.56. The number of carbonyl (C=O) groups is 2. The first-order valence-electron chi connectivity index (χ1n) is 3.51. The average Bonchev–Trinajstić information content (AvgIpc) is 2.30. The average molecular weight is 141 g/mol. The Bertz CT molecular complexity index is 156. The second-order valence-electron chi connectivity index (χ2n) is 2.53. The minimum atomic E-state index is -0.0487. The molecule has 10 heavy (non-hydrogen) atoms. The summed E-state index contributed by atoms with van der Waals surface area (Å²) in [6.45, 7) is 3.27. The fourth-order valence-corrected chi connectivity index (χ4v) is 1.20. The molecular weight excluding hydrogens is 130 g/mol. The van der Waals surface area contributed by atoms with Crippen molar-refractivity contribution in [2.75, 3.05) is 13.1 Å². The molecule has 0 unspecified atom stereocenters. The van der Waals surface area contributed by atoms with Crippen LogP contribution in [0.3, 0.4) is 0 Å². The third-order valence-electron chi connectivity index (χ3n) is 1.82.